The fourth-order valence-electron chi connectivity index (χ4n) is 1.76. The fourth-order valence-corrected chi connectivity index (χ4v) is 1.95. The van der Waals surface area contributed by atoms with Gasteiger partial charge in [-0.2, -0.15) is 0 Å². The quantitative estimate of drug-likeness (QED) is 0.872. The molecule has 0 fully saturated rings. The minimum absolute atomic E-state index is 0.0476. The van der Waals surface area contributed by atoms with E-state index in [2.05, 4.69) is 12.2 Å². The van der Waals surface area contributed by atoms with Gasteiger partial charge in [0, 0.05) is 17.1 Å². The van der Waals surface area contributed by atoms with E-state index >= 15 is 0 Å². The van der Waals surface area contributed by atoms with Gasteiger partial charge in [-0.05, 0) is 45.9 Å². The minimum atomic E-state index is -0.197. The van der Waals surface area contributed by atoms with Crippen LogP contribution in [0, 0.1) is 0 Å². The van der Waals surface area contributed by atoms with Crippen LogP contribution in [0.15, 0.2) is 24.3 Å². The molecule has 4 heteroatoms. The molecular weight excluding hydrogens is 272 g/mol. The highest BCUT2D eigenvalue weighted by Gasteiger charge is 2.24. The van der Waals surface area contributed by atoms with Crippen molar-refractivity contribution in [3.63, 3.8) is 0 Å². The summed E-state index contributed by atoms with van der Waals surface area (Å²) in [6.07, 6.45) is 0.902. The highest BCUT2D eigenvalue weighted by atomic mass is 35.5. The molecule has 1 amide bonds. The van der Waals surface area contributed by atoms with Gasteiger partial charge in [0.15, 0.2) is 0 Å². The van der Waals surface area contributed by atoms with E-state index in [4.69, 9.17) is 11.6 Å². The van der Waals surface area contributed by atoms with Crippen LogP contribution in [0.4, 0.5) is 0 Å². The number of hydrogen-bond acceptors (Lipinski definition) is 2. The van der Waals surface area contributed by atoms with Gasteiger partial charge in [0.2, 0.25) is 5.91 Å². The third-order valence-electron chi connectivity index (χ3n) is 3.76. The van der Waals surface area contributed by atoms with E-state index in [0.717, 1.165) is 17.0 Å². The summed E-state index contributed by atoms with van der Waals surface area (Å²) >= 11 is 6.15. The van der Waals surface area contributed by atoms with Gasteiger partial charge < -0.3 is 5.32 Å². The summed E-state index contributed by atoms with van der Waals surface area (Å²) in [4.78, 5) is 14.3. The second kappa shape index (κ2) is 7.09. The van der Waals surface area contributed by atoms with Crippen LogP contribution in [0.1, 0.15) is 39.7 Å². The Morgan fingerprint density at radius 1 is 1.40 bits per heavy atom. The Kier molecular flexibility index (Phi) is 6.03. The maximum Gasteiger partial charge on any atom is 0.237 e. The molecule has 0 heterocycles. The lowest BCUT2D eigenvalue weighted by atomic mass is 10.0. The number of amides is 1. The van der Waals surface area contributed by atoms with Gasteiger partial charge in [-0.25, -0.2) is 0 Å². The van der Waals surface area contributed by atoms with Crippen LogP contribution in [0.3, 0.4) is 0 Å². The van der Waals surface area contributed by atoms with Crippen LogP contribution >= 0.6 is 11.6 Å². The van der Waals surface area contributed by atoms with Crippen molar-refractivity contribution in [2.45, 2.75) is 52.2 Å². The van der Waals surface area contributed by atoms with Crippen LogP contribution in [0.25, 0.3) is 0 Å². The molecule has 0 saturated heterocycles. The smallest absolute Gasteiger partial charge is 0.237 e. The van der Waals surface area contributed by atoms with Crippen LogP contribution in [0.2, 0.25) is 5.02 Å². The Morgan fingerprint density at radius 2 is 2.00 bits per heavy atom. The van der Waals surface area contributed by atoms with Gasteiger partial charge in [0.1, 0.15) is 0 Å². The van der Waals surface area contributed by atoms with E-state index in [9.17, 15) is 4.79 Å². The molecule has 1 aromatic carbocycles. The van der Waals surface area contributed by atoms with Gasteiger partial charge in [-0.1, -0.05) is 36.7 Å². The Balaban J connectivity index is 2.65. The fraction of sp³-hybridized carbons (Fsp3) is 0.562. The first-order chi connectivity index (χ1) is 9.26. The van der Waals surface area contributed by atoms with E-state index in [1.54, 1.807) is 0 Å². The maximum atomic E-state index is 12.2. The second-order valence-electron chi connectivity index (χ2n) is 5.91. The van der Waals surface area contributed by atoms with E-state index in [1.165, 1.54) is 0 Å². The molecule has 0 aliphatic heterocycles. The standard InChI is InChI=1S/C16H25ClN2O/c1-6-16(3,4)18-15(20)12(2)19(5)11-13-9-7-8-10-14(13)17/h7-10,12H,6,11H2,1-5H3,(H,18,20). The van der Waals surface area contributed by atoms with Gasteiger partial charge >= 0.3 is 0 Å². The maximum absolute atomic E-state index is 12.2. The van der Waals surface area contributed by atoms with Crippen molar-refractivity contribution in [1.29, 1.82) is 0 Å². The first-order valence-electron chi connectivity index (χ1n) is 7.02. The molecule has 1 rings (SSSR count). The van der Waals surface area contributed by atoms with E-state index in [1.807, 2.05) is 57.0 Å². The topological polar surface area (TPSA) is 32.3 Å². The van der Waals surface area contributed by atoms with Gasteiger partial charge in [0.25, 0.3) is 0 Å². The number of benzene rings is 1. The average Bonchev–Trinajstić information content (AvgIpc) is 2.40. The predicted molar refractivity (Wildman–Crippen MR) is 84.9 cm³/mol. The summed E-state index contributed by atoms with van der Waals surface area (Å²) in [7, 11) is 1.94. The van der Waals surface area contributed by atoms with Crippen LogP contribution in [-0.2, 0) is 11.3 Å². The Morgan fingerprint density at radius 3 is 2.55 bits per heavy atom. The summed E-state index contributed by atoms with van der Waals surface area (Å²) in [5.41, 5.74) is 0.863. The molecule has 0 bridgehead atoms. The van der Waals surface area contributed by atoms with Crippen LogP contribution < -0.4 is 5.32 Å². The Hall–Kier alpha value is -1.06. The minimum Gasteiger partial charge on any atom is -0.350 e. The predicted octanol–water partition coefficient (Wildman–Crippen LogP) is 3.47. The third-order valence-corrected chi connectivity index (χ3v) is 4.13. The molecule has 0 saturated carbocycles. The monoisotopic (exact) mass is 296 g/mol. The lowest BCUT2D eigenvalue weighted by Crippen LogP contribution is -2.50. The van der Waals surface area contributed by atoms with E-state index in [0.29, 0.717) is 6.54 Å². The first kappa shape index (κ1) is 17.0. The number of likely N-dealkylation sites (N-methyl/N-ethyl adjacent to an activating group) is 1. The number of halogens is 1. The van der Waals surface area contributed by atoms with Crippen molar-refractivity contribution in [2.75, 3.05) is 7.05 Å². The molecule has 1 unspecified atom stereocenters. The number of carbonyl (C=O) groups excluding carboxylic acids is 1. The SMILES string of the molecule is CCC(C)(C)NC(=O)C(C)N(C)Cc1ccccc1Cl. The molecule has 0 aromatic heterocycles. The summed E-state index contributed by atoms with van der Waals surface area (Å²) in [5.74, 6) is 0.0476. The zero-order valence-electron chi connectivity index (χ0n) is 13.0. The number of rotatable bonds is 6. The third kappa shape index (κ3) is 4.80. The Bertz CT molecular complexity index is 460. The van der Waals surface area contributed by atoms with Gasteiger partial charge in [0.05, 0.1) is 6.04 Å². The second-order valence-corrected chi connectivity index (χ2v) is 6.32. The zero-order chi connectivity index (χ0) is 15.3. The first-order valence-corrected chi connectivity index (χ1v) is 7.40. The van der Waals surface area contributed by atoms with Gasteiger partial charge in [-0.15, -0.1) is 0 Å². The zero-order valence-corrected chi connectivity index (χ0v) is 13.8. The lowest BCUT2D eigenvalue weighted by molar-refractivity contribution is -0.127. The van der Waals surface area contributed by atoms with Crippen molar-refractivity contribution < 1.29 is 4.79 Å². The van der Waals surface area contributed by atoms with Crippen LogP contribution in [-0.4, -0.2) is 29.4 Å². The largest absolute Gasteiger partial charge is 0.350 e. The lowest BCUT2D eigenvalue weighted by Gasteiger charge is -2.30. The number of nitrogens with one attached hydrogen (secondary N) is 1. The van der Waals surface area contributed by atoms with Crippen molar-refractivity contribution in [3.05, 3.63) is 34.9 Å². The molecule has 0 radical (unpaired) electrons. The van der Waals surface area contributed by atoms with Crippen molar-refractivity contribution in [3.8, 4) is 0 Å². The summed E-state index contributed by atoms with van der Waals surface area (Å²) in [6, 6.07) is 7.53. The molecule has 0 aliphatic carbocycles. The molecule has 1 aromatic rings. The normalized spacial score (nSPS) is 13.3. The average molecular weight is 297 g/mol. The number of hydrogen-bond donors (Lipinski definition) is 1. The van der Waals surface area contributed by atoms with Crippen LogP contribution in [0.5, 0.6) is 0 Å². The van der Waals surface area contributed by atoms with Crippen molar-refractivity contribution in [2.24, 2.45) is 0 Å². The molecule has 1 N–H and O–H groups in total. The molecule has 1 atom stereocenters. The molecule has 20 heavy (non-hydrogen) atoms. The van der Waals surface area contributed by atoms with E-state index in [-0.39, 0.29) is 17.5 Å². The summed E-state index contributed by atoms with van der Waals surface area (Å²) < 4.78 is 0. The van der Waals surface area contributed by atoms with Crippen molar-refractivity contribution in [1.82, 2.24) is 10.2 Å². The molecular formula is C16H25ClN2O. The van der Waals surface area contributed by atoms with Gasteiger partial charge in [-0.3, -0.25) is 9.69 Å². The molecule has 3 nitrogen and oxygen atoms in total. The number of carbonyl (C=O) groups is 1. The van der Waals surface area contributed by atoms with Crippen molar-refractivity contribution >= 4 is 17.5 Å². The molecule has 112 valence electrons. The highest BCUT2D eigenvalue weighted by molar-refractivity contribution is 6.31. The summed E-state index contributed by atoms with van der Waals surface area (Å²) in [5, 5.41) is 3.81. The Labute approximate surface area is 127 Å². The highest BCUT2D eigenvalue weighted by Crippen LogP contribution is 2.17. The molecule has 0 aliphatic rings. The molecule has 0 spiro atoms. The van der Waals surface area contributed by atoms with E-state index < -0.39 is 0 Å². The number of nitrogens with zero attached hydrogens (tertiary/aromatic N) is 1. The summed E-state index contributed by atoms with van der Waals surface area (Å²) in [6.45, 7) is 8.70.